The van der Waals surface area contributed by atoms with Crippen molar-refractivity contribution in [2.24, 2.45) is 0 Å². The molecule has 0 saturated carbocycles. The predicted octanol–water partition coefficient (Wildman–Crippen LogP) is -2.90. The number of halogens is 2. The Morgan fingerprint density at radius 1 is 1.08 bits per heavy atom. The van der Waals surface area contributed by atoms with Crippen molar-refractivity contribution >= 4 is 56.5 Å². The van der Waals surface area contributed by atoms with Gasteiger partial charge in [0.2, 0.25) is 24.7 Å². The molecule has 0 aliphatic carbocycles. The van der Waals surface area contributed by atoms with Crippen molar-refractivity contribution in [1.29, 1.82) is 0 Å². The quantitative estimate of drug-likeness (QED) is 0.0674. The summed E-state index contributed by atoms with van der Waals surface area (Å²) in [6.07, 6.45) is 0.467. The molecular formula is C21H26BrClK2N2O9. The van der Waals surface area contributed by atoms with Crippen LogP contribution in [0.4, 0.5) is 11.4 Å². The third-order valence-corrected chi connectivity index (χ3v) is 4.48. The minimum atomic E-state index is -0.356. The number of carbonyl (C=O) groups excluding carboxylic acids is 3. The van der Waals surface area contributed by atoms with E-state index in [0.717, 1.165) is 22.9 Å². The van der Waals surface area contributed by atoms with E-state index in [1.807, 2.05) is 6.92 Å². The van der Waals surface area contributed by atoms with E-state index < -0.39 is 0 Å². The first-order valence-electron chi connectivity index (χ1n) is 9.15. The van der Waals surface area contributed by atoms with Gasteiger partial charge in [-0.05, 0) is 35.9 Å². The second-order valence-corrected chi connectivity index (χ2v) is 6.75. The largest absolute Gasteiger partial charge is 1.00 e. The van der Waals surface area contributed by atoms with Gasteiger partial charge in [0.1, 0.15) is 0 Å². The monoisotopic (exact) mass is 642 g/mol. The Balaban J connectivity index is -0.000000210. The van der Waals surface area contributed by atoms with Gasteiger partial charge in [-0.15, -0.1) is 0 Å². The number of hydrogen-bond acceptors (Lipinski definition) is 10. The fourth-order valence-corrected chi connectivity index (χ4v) is 2.14. The maximum absolute atomic E-state index is 11.1. The molecule has 2 aromatic carbocycles. The van der Waals surface area contributed by atoms with Crippen LogP contribution in [0.15, 0.2) is 36.4 Å². The molecule has 4 rings (SSSR count). The molecule has 11 nitrogen and oxygen atoms in total. The average Bonchev–Trinajstić information content (AvgIpc) is 3.48. The molecule has 0 aromatic heterocycles. The normalized spacial score (nSPS) is 10.3. The number of rotatable bonds is 4. The van der Waals surface area contributed by atoms with Crippen LogP contribution in [0, 0.1) is 0 Å². The first-order valence-corrected chi connectivity index (χ1v) is 10.7. The fourth-order valence-electron chi connectivity index (χ4n) is 2.14. The molecule has 2 aliphatic rings. The first-order chi connectivity index (χ1) is 15.8. The van der Waals surface area contributed by atoms with Crippen LogP contribution in [0.25, 0.3) is 0 Å². The topological polar surface area (TPSA) is 158 Å². The Labute approximate surface area is 309 Å². The Bertz CT molecular complexity index is 949. The number of hydrogen-bond donors (Lipinski definition) is 2. The zero-order chi connectivity index (χ0) is 24.6. The van der Waals surface area contributed by atoms with Gasteiger partial charge in [0.25, 0.3) is 6.47 Å². The van der Waals surface area contributed by atoms with E-state index in [1.54, 1.807) is 36.4 Å². The van der Waals surface area contributed by atoms with Crippen molar-refractivity contribution < 1.29 is 148 Å². The van der Waals surface area contributed by atoms with Crippen molar-refractivity contribution in [2.45, 2.75) is 20.8 Å². The van der Waals surface area contributed by atoms with Crippen LogP contribution in [0.3, 0.4) is 0 Å². The van der Waals surface area contributed by atoms with Gasteiger partial charge < -0.3 is 41.6 Å². The SMILES string of the molecule is C.CCC(=O)Nc1ccc2c(c1)OCO2.Nc1ccc2c(c1)OCO2.O=C(Cl)CBr.O=CO[O-].[H-].[K+].[K+]. The van der Waals surface area contributed by atoms with E-state index in [1.165, 1.54) is 0 Å². The van der Waals surface area contributed by atoms with Gasteiger partial charge in [0.05, 0.1) is 5.33 Å². The van der Waals surface area contributed by atoms with E-state index in [0.29, 0.717) is 24.7 Å². The van der Waals surface area contributed by atoms with Crippen molar-refractivity contribution in [2.75, 3.05) is 30.0 Å². The number of nitrogens with one attached hydrogen (secondary N) is 1. The van der Waals surface area contributed by atoms with Crippen molar-refractivity contribution in [1.82, 2.24) is 0 Å². The summed E-state index contributed by atoms with van der Waals surface area (Å²) in [5.74, 6) is 2.90. The molecule has 190 valence electrons. The van der Waals surface area contributed by atoms with Crippen LogP contribution in [-0.4, -0.2) is 36.5 Å². The molecule has 0 atom stereocenters. The summed E-state index contributed by atoms with van der Waals surface area (Å²) >= 11 is 7.61. The molecule has 0 fully saturated rings. The van der Waals surface area contributed by atoms with Crippen LogP contribution in [0.2, 0.25) is 0 Å². The molecule has 0 radical (unpaired) electrons. The van der Waals surface area contributed by atoms with Crippen molar-refractivity contribution in [3.63, 3.8) is 0 Å². The summed E-state index contributed by atoms with van der Waals surface area (Å²) < 4.78 is 20.5. The van der Waals surface area contributed by atoms with Crippen LogP contribution in [0.1, 0.15) is 22.2 Å². The Morgan fingerprint density at radius 3 is 1.97 bits per heavy atom. The summed E-state index contributed by atoms with van der Waals surface area (Å²) in [6, 6.07) is 10.7. The summed E-state index contributed by atoms with van der Waals surface area (Å²) in [5.41, 5.74) is 6.93. The molecule has 2 aromatic rings. The van der Waals surface area contributed by atoms with Gasteiger partial charge in [0.15, 0.2) is 23.0 Å². The molecular weight excluding hydrogens is 618 g/mol. The second-order valence-electron chi connectivity index (χ2n) is 5.76. The number of nitrogen functional groups attached to an aromatic ring is 1. The number of nitrogens with two attached hydrogens (primary N) is 1. The van der Waals surface area contributed by atoms with Crippen molar-refractivity contribution in [3.8, 4) is 23.0 Å². The minimum Gasteiger partial charge on any atom is -1.00 e. The standard InChI is InChI=1S/C10H11NO3.C7H7NO2.C2H2BrClO.CH2O3.CH4.2K.H/c1-2-10(12)11-7-3-4-8-9(5-7)14-6-13-8;8-5-1-2-6-7(3-5)10-4-9-6;3-1-2(4)5;2-1-4-3;;;;/h3-5H,2,6H2,1H3,(H,11,12);1-3H,4,8H2;1H2;1,3H;1H4;;;/q;;;;;2*+1;-1/p-1. The summed E-state index contributed by atoms with van der Waals surface area (Å²) in [4.78, 5) is 31.9. The molecule has 1 amide bonds. The minimum absolute atomic E-state index is 0. The molecule has 0 spiro atoms. The molecule has 0 bridgehead atoms. The fraction of sp³-hybridized carbons (Fsp3) is 0.286. The number of amides is 1. The number of alkyl halides is 1. The number of fused-ring (bicyclic) bond motifs is 2. The number of ether oxygens (including phenoxy) is 4. The first kappa shape index (κ1) is 40.5. The summed E-state index contributed by atoms with van der Waals surface area (Å²) in [5, 5.41) is 11.1. The molecule has 3 N–H and O–H groups in total. The van der Waals surface area contributed by atoms with E-state index in [9.17, 15) is 9.59 Å². The molecule has 15 heteroatoms. The third kappa shape index (κ3) is 16.8. The molecule has 2 heterocycles. The zero-order valence-electron chi connectivity index (χ0n) is 20.4. The maximum Gasteiger partial charge on any atom is 1.00 e. The van der Waals surface area contributed by atoms with E-state index >= 15 is 0 Å². The molecule has 0 unspecified atom stereocenters. The Hall–Kier alpha value is 0.0527. The summed E-state index contributed by atoms with van der Waals surface area (Å²) in [7, 11) is 0. The second kappa shape index (κ2) is 24.1. The van der Waals surface area contributed by atoms with E-state index in [2.05, 4.69) is 26.1 Å². The van der Waals surface area contributed by atoms with Gasteiger partial charge >= 0.3 is 103 Å². The average molecular weight is 644 g/mol. The smallest absolute Gasteiger partial charge is 1.00 e. The van der Waals surface area contributed by atoms with Crippen molar-refractivity contribution in [3.05, 3.63) is 36.4 Å². The van der Waals surface area contributed by atoms with Crippen LogP contribution in [-0.2, 0) is 19.3 Å². The zero-order valence-corrected chi connectivity index (χ0v) is 28.0. The number of anilines is 2. The van der Waals surface area contributed by atoms with E-state index in [4.69, 9.17) is 46.3 Å². The van der Waals surface area contributed by atoms with Gasteiger partial charge in [-0.25, -0.2) is 0 Å². The van der Waals surface area contributed by atoms with Crippen LogP contribution >= 0.6 is 27.5 Å². The Kier molecular flexibility index (Phi) is 27.2. The van der Waals surface area contributed by atoms with Crippen LogP contribution in [0.5, 0.6) is 23.0 Å². The van der Waals surface area contributed by atoms with Gasteiger partial charge in [-0.2, -0.15) is 0 Å². The molecule has 0 saturated heterocycles. The molecule has 2 aliphatic heterocycles. The van der Waals surface area contributed by atoms with Gasteiger partial charge in [-0.1, -0.05) is 30.3 Å². The Morgan fingerprint density at radius 2 is 1.53 bits per heavy atom. The number of benzene rings is 2. The van der Waals surface area contributed by atoms with Crippen LogP contribution < -0.4 is 138 Å². The predicted molar refractivity (Wildman–Crippen MR) is 128 cm³/mol. The number of carbonyl (C=O) groups is 3. The van der Waals surface area contributed by atoms with Gasteiger partial charge in [-0.3, -0.25) is 14.4 Å². The van der Waals surface area contributed by atoms with E-state index in [-0.39, 0.29) is 141 Å². The maximum atomic E-state index is 11.1. The molecule has 36 heavy (non-hydrogen) atoms. The van der Waals surface area contributed by atoms with Gasteiger partial charge in [0, 0.05) is 29.9 Å². The third-order valence-electron chi connectivity index (χ3n) is 3.52. The summed E-state index contributed by atoms with van der Waals surface area (Å²) in [6.45, 7) is 2.18.